The Kier molecular flexibility index (Phi) is 8.65. The van der Waals surface area contributed by atoms with Crippen molar-refractivity contribution in [3.8, 4) is 5.75 Å². The molecule has 228 valence electrons. The number of benzene rings is 4. The Hall–Kier alpha value is -4.05. The summed E-state index contributed by atoms with van der Waals surface area (Å²) in [7, 11) is 0.757. The molecule has 5 atom stereocenters. The number of hydrogen-bond donors (Lipinski definition) is 1. The molecule has 0 radical (unpaired) electrons. The van der Waals surface area contributed by atoms with Crippen molar-refractivity contribution in [1.82, 2.24) is 15.2 Å². The number of carbonyl (C=O) groups is 1. The minimum atomic E-state index is -0.939. The van der Waals surface area contributed by atoms with E-state index in [1.165, 1.54) is 23.5 Å². The molecule has 1 aromatic heterocycles. The second-order valence-corrected chi connectivity index (χ2v) is 14.5. The van der Waals surface area contributed by atoms with Crippen molar-refractivity contribution >= 4 is 40.6 Å². The normalized spacial score (nSPS) is 21.5. The zero-order chi connectivity index (χ0) is 30.8. The molecule has 3 aliphatic heterocycles. The van der Waals surface area contributed by atoms with E-state index >= 15 is 0 Å². The molecule has 0 saturated carbocycles. The number of carbonyl (C=O) groups excluding carboxylic acids is 1. The molecule has 5 aromatic rings. The minimum absolute atomic E-state index is 0.0301. The Morgan fingerprint density at radius 3 is 2.33 bits per heavy atom. The number of methoxy groups -OCH3 is 1. The van der Waals surface area contributed by atoms with Gasteiger partial charge in [-0.05, 0) is 91.0 Å². The zero-order valence-electron chi connectivity index (χ0n) is 26.0. The number of amides is 1. The Morgan fingerprint density at radius 1 is 0.956 bits per heavy atom. The highest BCUT2D eigenvalue weighted by Crippen LogP contribution is 2.43. The number of aromatic nitrogens is 1. The molecule has 6 heteroatoms. The van der Waals surface area contributed by atoms with E-state index in [9.17, 15) is 4.79 Å². The molecule has 0 spiro atoms. The predicted molar refractivity (Wildman–Crippen MR) is 186 cm³/mol. The standard InChI is InChI=1S/C39H40N3O2P/c1-3-27-26-42-23-21-28(27)24-36(42)38(32-20-22-40-35-19-18-29(44-2)25-34(32)35)41-39(43)33-16-10-11-17-37(33)45(30-12-6-4-7-13-30)31-14-8-5-9-15-31/h4-20,22,25,27-28,36,38H,3,21,23-24,26H2,1-2H3,(H,41,43)/t27-,28-,36-,38+/m0/s1. The van der Waals surface area contributed by atoms with Crippen molar-refractivity contribution in [2.24, 2.45) is 11.8 Å². The van der Waals surface area contributed by atoms with E-state index in [1.807, 2.05) is 30.5 Å². The lowest BCUT2D eigenvalue weighted by Crippen LogP contribution is -2.57. The summed E-state index contributed by atoms with van der Waals surface area (Å²) >= 11 is 0. The van der Waals surface area contributed by atoms with Gasteiger partial charge in [-0.25, -0.2) is 0 Å². The van der Waals surface area contributed by atoms with Crippen LogP contribution in [0.1, 0.15) is 48.1 Å². The maximum absolute atomic E-state index is 14.7. The number of pyridine rings is 1. The van der Waals surface area contributed by atoms with Crippen molar-refractivity contribution in [2.75, 3.05) is 20.2 Å². The third-order valence-electron chi connectivity index (χ3n) is 9.87. The van der Waals surface area contributed by atoms with Crippen LogP contribution in [0, 0.1) is 11.8 Å². The van der Waals surface area contributed by atoms with E-state index in [-0.39, 0.29) is 18.0 Å². The van der Waals surface area contributed by atoms with Crippen LogP contribution in [0.2, 0.25) is 0 Å². The third-order valence-corrected chi connectivity index (χ3v) is 12.4. The van der Waals surface area contributed by atoms with Gasteiger partial charge in [0.1, 0.15) is 5.75 Å². The highest BCUT2D eigenvalue weighted by Gasteiger charge is 2.43. The molecule has 3 fully saturated rings. The van der Waals surface area contributed by atoms with E-state index in [0.29, 0.717) is 5.92 Å². The molecule has 1 amide bonds. The first kappa shape index (κ1) is 29.6. The van der Waals surface area contributed by atoms with Crippen LogP contribution in [-0.2, 0) is 0 Å². The van der Waals surface area contributed by atoms with Gasteiger partial charge in [0.05, 0.1) is 18.7 Å². The third kappa shape index (κ3) is 5.88. The highest BCUT2D eigenvalue weighted by molar-refractivity contribution is 7.80. The van der Waals surface area contributed by atoms with E-state index in [1.54, 1.807) is 7.11 Å². The number of piperidine rings is 3. The molecular formula is C39H40N3O2P. The molecule has 0 unspecified atom stereocenters. The summed E-state index contributed by atoms with van der Waals surface area (Å²) < 4.78 is 5.63. The number of fused-ring (bicyclic) bond motifs is 4. The van der Waals surface area contributed by atoms with Crippen molar-refractivity contribution in [3.05, 3.63) is 127 Å². The summed E-state index contributed by atoms with van der Waals surface area (Å²) in [4.78, 5) is 22.0. The fourth-order valence-corrected chi connectivity index (χ4v) is 10.0. The Labute approximate surface area is 267 Å². The van der Waals surface area contributed by atoms with Crippen LogP contribution in [0.25, 0.3) is 10.9 Å². The Bertz CT molecular complexity index is 1740. The number of nitrogens with one attached hydrogen (secondary N) is 1. The molecule has 2 bridgehead atoms. The molecule has 45 heavy (non-hydrogen) atoms. The quantitative estimate of drug-likeness (QED) is 0.191. The minimum Gasteiger partial charge on any atom is -0.497 e. The van der Waals surface area contributed by atoms with Gasteiger partial charge < -0.3 is 10.1 Å². The van der Waals surface area contributed by atoms with Crippen molar-refractivity contribution < 1.29 is 9.53 Å². The number of ether oxygens (including phenoxy) is 1. The van der Waals surface area contributed by atoms with Crippen LogP contribution in [0.4, 0.5) is 0 Å². The highest BCUT2D eigenvalue weighted by atomic mass is 31.1. The Morgan fingerprint density at radius 2 is 1.67 bits per heavy atom. The summed E-state index contributed by atoms with van der Waals surface area (Å²) in [6.45, 7) is 4.49. The SMILES string of the molecule is CC[C@H]1C[N@]2CC[C@H]1C[C@H]2[C@H](NC(=O)c1ccccc1P(c1ccccc1)c1ccccc1)c1ccnc2ccc(OC)cc12. The fraction of sp³-hybridized carbons (Fsp3) is 0.282. The molecule has 1 N–H and O–H groups in total. The molecular weight excluding hydrogens is 573 g/mol. The van der Waals surface area contributed by atoms with E-state index < -0.39 is 7.92 Å². The fourth-order valence-electron chi connectivity index (χ4n) is 7.58. The first-order valence-corrected chi connectivity index (χ1v) is 17.5. The zero-order valence-corrected chi connectivity index (χ0v) is 26.9. The molecule has 0 aliphatic carbocycles. The van der Waals surface area contributed by atoms with Crippen molar-refractivity contribution in [2.45, 2.75) is 38.3 Å². The van der Waals surface area contributed by atoms with Crippen molar-refractivity contribution in [3.63, 3.8) is 0 Å². The molecule has 3 aliphatic rings. The summed E-state index contributed by atoms with van der Waals surface area (Å²) in [6.07, 6.45) is 5.41. The number of rotatable bonds is 9. The summed E-state index contributed by atoms with van der Waals surface area (Å²) in [5.74, 6) is 2.17. The van der Waals surface area contributed by atoms with Gasteiger partial charge in [0.25, 0.3) is 5.91 Å². The van der Waals surface area contributed by atoms with E-state index in [2.05, 4.69) is 107 Å². The van der Waals surface area contributed by atoms with Crippen LogP contribution in [0.15, 0.2) is 115 Å². The average Bonchev–Trinajstić information content (AvgIpc) is 3.11. The second kappa shape index (κ2) is 13.1. The smallest absolute Gasteiger partial charge is 0.252 e. The molecule has 8 rings (SSSR count). The first-order valence-electron chi connectivity index (χ1n) is 16.1. The van der Waals surface area contributed by atoms with Gasteiger partial charge in [-0.1, -0.05) is 92.2 Å². The lowest BCUT2D eigenvalue weighted by molar-refractivity contribution is -0.0152. The van der Waals surface area contributed by atoms with E-state index in [0.717, 1.165) is 58.5 Å². The van der Waals surface area contributed by atoms with Crippen LogP contribution in [0.3, 0.4) is 0 Å². The van der Waals surface area contributed by atoms with Gasteiger partial charge in [-0.15, -0.1) is 0 Å². The lowest BCUT2D eigenvalue weighted by Gasteiger charge is -2.52. The van der Waals surface area contributed by atoms with Gasteiger partial charge in [0.2, 0.25) is 0 Å². The first-order chi connectivity index (χ1) is 22.1. The second-order valence-electron chi connectivity index (χ2n) is 12.3. The van der Waals surface area contributed by atoms with Gasteiger partial charge >= 0.3 is 0 Å². The number of hydrogen-bond acceptors (Lipinski definition) is 4. The van der Waals surface area contributed by atoms with E-state index in [4.69, 9.17) is 4.74 Å². The summed E-state index contributed by atoms with van der Waals surface area (Å²) in [5, 5.41) is 8.18. The molecule has 4 aromatic carbocycles. The molecule has 5 nitrogen and oxygen atoms in total. The lowest BCUT2D eigenvalue weighted by atomic mass is 9.72. The average molecular weight is 614 g/mol. The van der Waals surface area contributed by atoms with Crippen LogP contribution >= 0.6 is 7.92 Å². The molecule has 3 saturated heterocycles. The topological polar surface area (TPSA) is 54.5 Å². The maximum Gasteiger partial charge on any atom is 0.252 e. The number of nitrogens with zero attached hydrogens (tertiary/aromatic N) is 2. The van der Waals surface area contributed by atoms with Gasteiger partial charge in [-0.3, -0.25) is 14.7 Å². The molecule has 4 heterocycles. The van der Waals surface area contributed by atoms with Crippen LogP contribution in [-0.4, -0.2) is 42.0 Å². The van der Waals surface area contributed by atoms with Gasteiger partial charge in [0.15, 0.2) is 0 Å². The van der Waals surface area contributed by atoms with Crippen LogP contribution < -0.4 is 26.0 Å². The maximum atomic E-state index is 14.7. The van der Waals surface area contributed by atoms with Gasteiger partial charge in [-0.2, -0.15) is 0 Å². The van der Waals surface area contributed by atoms with Gasteiger partial charge in [0, 0.05) is 29.7 Å². The summed E-state index contributed by atoms with van der Waals surface area (Å²) in [6, 6.07) is 37.5. The van der Waals surface area contributed by atoms with Crippen molar-refractivity contribution in [1.29, 1.82) is 0 Å². The Balaban J connectivity index is 1.32. The van der Waals surface area contributed by atoms with Crippen LogP contribution in [0.5, 0.6) is 5.75 Å². The largest absolute Gasteiger partial charge is 0.497 e. The monoisotopic (exact) mass is 613 g/mol. The summed E-state index contributed by atoms with van der Waals surface area (Å²) in [5.41, 5.74) is 2.75. The predicted octanol–water partition coefficient (Wildman–Crippen LogP) is 6.59.